The van der Waals surface area contributed by atoms with Gasteiger partial charge in [-0.05, 0) is 36.2 Å². The summed E-state index contributed by atoms with van der Waals surface area (Å²) in [6.07, 6.45) is -0.247. The maximum absolute atomic E-state index is 13.5. The highest BCUT2D eigenvalue weighted by atomic mass is 19.1. The highest BCUT2D eigenvalue weighted by molar-refractivity contribution is 5.51. The molecule has 4 heteroatoms. The van der Waals surface area contributed by atoms with Crippen LogP contribution in [0.25, 0.3) is 0 Å². The Kier molecular flexibility index (Phi) is 4.69. The molecule has 2 N–H and O–H groups in total. The molecule has 2 aromatic carbocycles. The van der Waals surface area contributed by atoms with E-state index in [0.717, 1.165) is 35.9 Å². The number of benzene rings is 2. The van der Waals surface area contributed by atoms with Crippen LogP contribution in [0.2, 0.25) is 0 Å². The Labute approximate surface area is 117 Å². The Morgan fingerprint density at radius 1 is 1.15 bits per heavy atom. The number of halogens is 2. The fraction of sp³-hybridized carbons (Fsp3) is 0.250. The maximum Gasteiger partial charge on any atom is 0.129 e. The van der Waals surface area contributed by atoms with Crippen molar-refractivity contribution in [2.45, 2.75) is 19.4 Å². The standard InChI is InChI=1S/C16H17F2NO/c1-2-11-5-3-4-6-15(11)19-10-16(20)13-9-12(17)7-8-14(13)18/h3-9,16,19-20H,2,10H2,1H3. The first-order valence-electron chi connectivity index (χ1n) is 6.56. The van der Waals surface area contributed by atoms with Gasteiger partial charge in [0.1, 0.15) is 11.6 Å². The number of aryl methyl sites for hydroxylation is 1. The Balaban J connectivity index is 2.08. The first-order chi connectivity index (χ1) is 9.61. The van der Waals surface area contributed by atoms with Gasteiger partial charge in [0.25, 0.3) is 0 Å². The number of aliphatic hydroxyl groups excluding tert-OH is 1. The molecule has 2 nitrogen and oxygen atoms in total. The lowest BCUT2D eigenvalue weighted by molar-refractivity contribution is 0.186. The quantitative estimate of drug-likeness (QED) is 0.874. The van der Waals surface area contributed by atoms with Crippen LogP contribution in [0.5, 0.6) is 0 Å². The Hall–Kier alpha value is -1.94. The smallest absolute Gasteiger partial charge is 0.129 e. The largest absolute Gasteiger partial charge is 0.386 e. The van der Waals surface area contributed by atoms with Crippen molar-refractivity contribution in [3.63, 3.8) is 0 Å². The van der Waals surface area contributed by atoms with Crippen LogP contribution in [0, 0.1) is 11.6 Å². The molecule has 0 aromatic heterocycles. The van der Waals surface area contributed by atoms with Gasteiger partial charge >= 0.3 is 0 Å². The van der Waals surface area contributed by atoms with Crippen LogP contribution in [0.1, 0.15) is 24.2 Å². The molecule has 0 aliphatic rings. The van der Waals surface area contributed by atoms with Gasteiger partial charge in [-0.3, -0.25) is 0 Å². The lowest BCUT2D eigenvalue weighted by Gasteiger charge is -2.16. The zero-order valence-electron chi connectivity index (χ0n) is 11.2. The van der Waals surface area contributed by atoms with Gasteiger partial charge in [-0.2, -0.15) is 0 Å². The van der Waals surface area contributed by atoms with E-state index in [1.807, 2.05) is 31.2 Å². The van der Waals surface area contributed by atoms with E-state index in [1.165, 1.54) is 0 Å². The van der Waals surface area contributed by atoms with Crippen LogP contribution < -0.4 is 5.32 Å². The summed E-state index contributed by atoms with van der Waals surface area (Å²) in [5.74, 6) is -1.17. The summed E-state index contributed by atoms with van der Waals surface area (Å²) < 4.78 is 26.6. The zero-order valence-corrected chi connectivity index (χ0v) is 11.2. The van der Waals surface area contributed by atoms with Crippen LogP contribution >= 0.6 is 0 Å². The number of hydrogen-bond donors (Lipinski definition) is 2. The topological polar surface area (TPSA) is 32.3 Å². The van der Waals surface area contributed by atoms with Crippen LogP contribution in [0.4, 0.5) is 14.5 Å². The number of nitrogens with one attached hydrogen (secondary N) is 1. The van der Waals surface area contributed by atoms with E-state index in [2.05, 4.69) is 5.32 Å². The number of hydrogen-bond acceptors (Lipinski definition) is 2. The van der Waals surface area contributed by atoms with Crippen LogP contribution in [0.3, 0.4) is 0 Å². The van der Waals surface area contributed by atoms with Crippen LogP contribution in [-0.4, -0.2) is 11.7 Å². The van der Waals surface area contributed by atoms with Gasteiger partial charge in [-0.1, -0.05) is 25.1 Å². The summed E-state index contributed by atoms with van der Waals surface area (Å²) in [6.45, 7) is 2.15. The number of anilines is 1. The third-order valence-electron chi connectivity index (χ3n) is 3.20. The molecule has 20 heavy (non-hydrogen) atoms. The number of aliphatic hydroxyl groups is 1. The first-order valence-corrected chi connectivity index (χ1v) is 6.56. The number of rotatable bonds is 5. The summed E-state index contributed by atoms with van der Waals surface area (Å²) in [6, 6.07) is 10.8. The molecule has 0 heterocycles. The first kappa shape index (κ1) is 14.5. The summed E-state index contributed by atoms with van der Waals surface area (Å²) >= 11 is 0. The molecule has 0 bridgehead atoms. The SMILES string of the molecule is CCc1ccccc1NCC(O)c1cc(F)ccc1F. The highest BCUT2D eigenvalue weighted by Gasteiger charge is 2.14. The Morgan fingerprint density at radius 2 is 1.90 bits per heavy atom. The molecule has 0 saturated carbocycles. The maximum atomic E-state index is 13.5. The van der Waals surface area contributed by atoms with Crippen molar-refractivity contribution in [1.29, 1.82) is 0 Å². The van der Waals surface area contributed by atoms with Crippen molar-refractivity contribution in [2.24, 2.45) is 0 Å². The van der Waals surface area contributed by atoms with Crippen molar-refractivity contribution >= 4 is 5.69 Å². The predicted molar refractivity (Wildman–Crippen MR) is 75.6 cm³/mol. The third-order valence-corrected chi connectivity index (χ3v) is 3.20. The second-order valence-electron chi connectivity index (χ2n) is 4.57. The van der Waals surface area contributed by atoms with Crippen LogP contribution in [0.15, 0.2) is 42.5 Å². The molecule has 2 aromatic rings. The monoisotopic (exact) mass is 277 g/mol. The van der Waals surface area contributed by atoms with Crippen molar-refractivity contribution < 1.29 is 13.9 Å². The van der Waals surface area contributed by atoms with E-state index in [9.17, 15) is 13.9 Å². The van der Waals surface area contributed by atoms with Crippen molar-refractivity contribution in [3.05, 3.63) is 65.2 Å². The van der Waals surface area contributed by atoms with Gasteiger partial charge in [0.2, 0.25) is 0 Å². The molecule has 0 fully saturated rings. The van der Waals surface area contributed by atoms with Gasteiger partial charge < -0.3 is 10.4 Å². The highest BCUT2D eigenvalue weighted by Crippen LogP contribution is 2.21. The molecule has 0 aliphatic heterocycles. The van der Waals surface area contributed by atoms with Crippen molar-refractivity contribution in [2.75, 3.05) is 11.9 Å². The lowest BCUT2D eigenvalue weighted by atomic mass is 10.1. The zero-order chi connectivity index (χ0) is 14.5. The third kappa shape index (κ3) is 3.33. The van der Waals surface area contributed by atoms with E-state index in [4.69, 9.17) is 0 Å². The summed E-state index contributed by atoms with van der Waals surface area (Å²) in [4.78, 5) is 0. The molecule has 0 radical (unpaired) electrons. The van der Waals surface area contributed by atoms with E-state index >= 15 is 0 Å². The Morgan fingerprint density at radius 3 is 2.65 bits per heavy atom. The molecule has 0 amide bonds. The van der Waals surface area contributed by atoms with E-state index < -0.39 is 17.7 Å². The number of para-hydroxylation sites is 1. The van der Waals surface area contributed by atoms with Crippen molar-refractivity contribution in [3.8, 4) is 0 Å². The lowest BCUT2D eigenvalue weighted by Crippen LogP contribution is -2.14. The van der Waals surface area contributed by atoms with Crippen molar-refractivity contribution in [1.82, 2.24) is 0 Å². The molecular formula is C16H17F2NO. The molecule has 1 atom stereocenters. The minimum absolute atomic E-state index is 0.0357. The van der Waals surface area contributed by atoms with Gasteiger partial charge in [0.15, 0.2) is 0 Å². The normalized spacial score (nSPS) is 12.2. The minimum atomic E-state index is -1.10. The van der Waals surface area contributed by atoms with Gasteiger partial charge in [-0.15, -0.1) is 0 Å². The molecule has 0 spiro atoms. The van der Waals surface area contributed by atoms with Gasteiger partial charge in [0, 0.05) is 17.8 Å². The molecule has 2 rings (SSSR count). The second-order valence-corrected chi connectivity index (χ2v) is 4.57. The van der Waals surface area contributed by atoms with Gasteiger partial charge in [0.05, 0.1) is 6.10 Å². The molecule has 106 valence electrons. The molecule has 0 saturated heterocycles. The fourth-order valence-electron chi connectivity index (χ4n) is 2.09. The van der Waals surface area contributed by atoms with E-state index in [-0.39, 0.29) is 12.1 Å². The average Bonchev–Trinajstić information content (AvgIpc) is 2.47. The molecule has 0 aliphatic carbocycles. The van der Waals surface area contributed by atoms with E-state index in [1.54, 1.807) is 0 Å². The average molecular weight is 277 g/mol. The van der Waals surface area contributed by atoms with Gasteiger partial charge in [-0.25, -0.2) is 8.78 Å². The summed E-state index contributed by atoms with van der Waals surface area (Å²) in [7, 11) is 0. The fourth-order valence-corrected chi connectivity index (χ4v) is 2.09. The molecule has 1 unspecified atom stereocenters. The second kappa shape index (κ2) is 6.48. The van der Waals surface area contributed by atoms with E-state index in [0.29, 0.717) is 0 Å². The minimum Gasteiger partial charge on any atom is -0.386 e. The summed E-state index contributed by atoms with van der Waals surface area (Å²) in [5, 5.41) is 13.1. The van der Waals surface area contributed by atoms with Crippen LogP contribution in [-0.2, 0) is 6.42 Å². The predicted octanol–water partition coefficient (Wildman–Crippen LogP) is 3.67. The summed E-state index contributed by atoms with van der Waals surface area (Å²) in [5.41, 5.74) is 1.97. The Bertz CT molecular complexity index is 586. The molecular weight excluding hydrogens is 260 g/mol.